The molecule has 1 aliphatic heterocycles. The maximum Gasteiger partial charge on any atom is 0.147 e. The average molecular weight is 259 g/mol. The molecule has 0 unspecified atom stereocenters. The summed E-state index contributed by atoms with van der Waals surface area (Å²) in [6.45, 7) is 2.15. The van der Waals surface area contributed by atoms with Gasteiger partial charge in [-0.15, -0.1) is 0 Å². The summed E-state index contributed by atoms with van der Waals surface area (Å²) in [5.41, 5.74) is 6.47. The Bertz CT molecular complexity index is 451. The van der Waals surface area contributed by atoms with Crippen molar-refractivity contribution in [3.8, 4) is 0 Å². The third-order valence-corrected chi connectivity index (χ3v) is 4.73. The number of amidine groups is 1. The Hall–Kier alpha value is -1.65. The average Bonchev–Trinajstić information content (AvgIpc) is 2.88. The molecule has 5 heteroatoms. The van der Waals surface area contributed by atoms with E-state index in [2.05, 4.69) is 14.9 Å². The first-order chi connectivity index (χ1) is 9.19. The quantitative estimate of drug-likeness (QED) is 0.628. The first-order valence-electron chi connectivity index (χ1n) is 7.10. The lowest BCUT2D eigenvalue weighted by atomic mass is 9.77. The van der Waals surface area contributed by atoms with E-state index in [1.807, 2.05) is 0 Å². The molecule has 2 heterocycles. The molecule has 0 aromatic carbocycles. The number of piperidine rings is 1. The van der Waals surface area contributed by atoms with Gasteiger partial charge in [0.15, 0.2) is 0 Å². The van der Waals surface area contributed by atoms with Gasteiger partial charge in [-0.05, 0) is 31.1 Å². The number of nitrogens with zero attached hydrogens (tertiary/aromatic N) is 3. The molecule has 1 spiro atoms. The molecule has 1 saturated carbocycles. The number of aromatic nitrogens is 2. The second-order valence-electron chi connectivity index (χ2n) is 5.87. The molecule has 0 amide bonds. The SMILES string of the molecule is N=C(N)c1cnc(N2CCC3(CCCC3)CC2)cn1. The van der Waals surface area contributed by atoms with Crippen molar-refractivity contribution < 1.29 is 0 Å². The van der Waals surface area contributed by atoms with E-state index in [1.54, 1.807) is 12.4 Å². The molecule has 0 atom stereocenters. The molecule has 0 radical (unpaired) electrons. The maximum absolute atomic E-state index is 7.32. The lowest BCUT2D eigenvalue weighted by Gasteiger charge is -2.39. The zero-order valence-corrected chi connectivity index (χ0v) is 11.2. The van der Waals surface area contributed by atoms with Crippen molar-refractivity contribution in [1.82, 2.24) is 9.97 Å². The number of rotatable bonds is 2. The van der Waals surface area contributed by atoms with Crippen LogP contribution in [0.4, 0.5) is 5.82 Å². The van der Waals surface area contributed by atoms with E-state index < -0.39 is 0 Å². The van der Waals surface area contributed by atoms with Crippen LogP contribution in [0.5, 0.6) is 0 Å². The van der Waals surface area contributed by atoms with Crippen LogP contribution < -0.4 is 10.6 Å². The Morgan fingerprint density at radius 2 is 1.79 bits per heavy atom. The van der Waals surface area contributed by atoms with Gasteiger partial charge in [-0.3, -0.25) is 5.41 Å². The van der Waals surface area contributed by atoms with E-state index in [0.29, 0.717) is 11.1 Å². The van der Waals surface area contributed by atoms with E-state index in [0.717, 1.165) is 18.9 Å². The lowest BCUT2D eigenvalue weighted by Crippen LogP contribution is -2.39. The smallest absolute Gasteiger partial charge is 0.147 e. The molecule has 3 rings (SSSR count). The van der Waals surface area contributed by atoms with Crippen molar-refractivity contribution in [2.45, 2.75) is 38.5 Å². The molecule has 102 valence electrons. The van der Waals surface area contributed by atoms with E-state index in [9.17, 15) is 0 Å². The van der Waals surface area contributed by atoms with E-state index in [-0.39, 0.29) is 5.84 Å². The van der Waals surface area contributed by atoms with Gasteiger partial charge in [-0.2, -0.15) is 0 Å². The summed E-state index contributed by atoms with van der Waals surface area (Å²) < 4.78 is 0. The molecule has 1 aliphatic carbocycles. The number of hydrogen-bond donors (Lipinski definition) is 2. The highest BCUT2D eigenvalue weighted by atomic mass is 15.2. The molecule has 1 aromatic rings. The van der Waals surface area contributed by atoms with Gasteiger partial charge in [0.05, 0.1) is 12.4 Å². The first-order valence-corrected chi connectivity index (χ1v) is 7.10. The predicted molar refractivity (Wildman–Crippen MR) is 75.4 cm³/mol. The van der Waals surface area contributed by atoms with Gasteiger partial charge in [0.25, 0.3) is 0 Å². The fourth-order valence-corrected chi connectivity index (χ4v) is 3.46. The standard InChI is InChI=1S/C14H21N5/c15-13(16)11-9-18-12(10-17-11)19-7-5-14(6-8-19)3-1-2-4-14/h9-10H,1-8H2,(H3,15,16). The third-order valence-electron chi connectivity index (χ3n) is 4.73. The van der Waals surface area contributed by atoms with Crippen LogP contribution in [0, 0.1) is 10.8 Å². The van der Waals surface area contributed by atoms with Crippen LogP contribution in [0.1, 0.15) is 44.2 Å². The van der Waals surface area contributed by atoms with Crippen LogP contribution in [0.2, 0.25) is 0 Å². The molecule has 0 bridgehead atoms. The monoisotopic (exact) mass is 259 g/mol. The summed E-state index contributed by atoms with van der Waals surface area (Å²) in [5, 5.41) is 7.32. The summed E-state index contributed by atoms with van der Waals surface area (Å²) in [6, 6.07) is 0. The van der Waals surface area contributed by atoms with Crippen LogP contribution in [-0.2, 0) is 0 Å². The van der Waals surface area contributed by atoms with Crippen LogP contribution in [-0.4, -0.2) is 28.9 Å². The highest BCUT2D eigenvalue weighted by Crippen LogP contribution is 2.46. The Balaban J connectivity index is 1.66. The fraction of sp³-hybridized carbons (Fsp3) is 0.643. The van der Waals surface area contributed by atoms with Crippen molar-refractivity contribution in [2.75, 3.05) is 18.0 Å². The molecular formula is C14H21N5. The topological polar surface area (TPSA) is 78.9 Å². The molecular weight excluding hydrogens is 238 g/mol. The van der Waals surface area contributed by atoms with Crippen LogP contribution in [0.15, 0.2) is 12.4 Å². The molecule has 1 saturated heterocycles. The minimum atomic E-state index is -0.0254. The van der Waals surface area contributed by atoms with Crippen LogP contribution in [0.25, 0.3) is 0 Å². The summed E-state index contributed by atoms with van der Waals surface area (Å²) in [4.78, 5) is 10.9. The molecule has 2 aliphatic rings. The van der Waals surface area contributed by atoms with Crippen molar-refractivity contribution in [3.63, 3.8) is 0 Å². The Kier molecular flexibility index (Phi) is 3.12. The molecule has 3 N–H and O–H groups in total. The van der Waals surface area contributed by atoms with Gasteiger partial charge in [0, 0.05) is 13.1 Å². The minimum Gasteiger partial charge on any atom is -0.382 e. The number of anilines is 1. The van der Waals surface area contributed by atoms with E-state index in [1.165, 1.54) is 38.5 Å². The zero-order chi connectivity index (χ0) is 13.3. The summed E-state index contributed by atoms with van der Waals surface area (Å²) in [7, 11) is 0. The first kappa shape index (κ1) is 12.4. The lowest BCUT2D eigenvalue weighted by molar-refractivity contribution is 0.226. The summed E-state index contributed by atoms with van der Waals surface area (Å²) in [6.07, 6.45) is 11.5. The van der Waals surface area contributed by atoms with Crippen molar-refractivity contribution in [2.24, 2.45) is 11.1 Å². The van der Waals surface area contributed by atoms with Crippen LogP contribution in [0.3, 0.4) is 0 Å². The maximum atomic E-state index is 7.32. The largest absolute Gasteiger partial charge is 0.382 e. The third kappa shape index (κ3) is 2.41. The molecule has 19 heavy (non-hydrogen) atoms. The van der Waals surface area contributed by atoms with E-state index >= 15 is 0 Å². The van der Waals surface area contributed by atoms with Gasteiger partial charge in [0.1, 0.15) is 17.3 Å². The number of nitrogen functional groups attached to an aromatic ring is 1. The number of nitrogens with one attached hydrogen (secondary N) is 1. The van der Waals surface area contributed by atoms with Gasteiger partial charge in [-0.1, -0.05) is 12.8 Å². The van der Waals surface area contributed by atoms with Crippen molar-refractivity contribution in [3.05, 3.63) is 18.1 Å². The van der Waals surface area contributed by atoms with Crippen LogP contribution >= 0.6 is 0 Å². The van der Waals surface area contributed by atoms with Crippen molar-refractivity contribution >= 4 is 11.7 Å². The van der Waals surface area contributed by atoms with Gasteiger partial charge >= 0.3 is 0 Å². The normalized spacial score (nSPS) is 21.8. The van der Waals surface area contributed by atoms with Gasteiger partial charge < -0.3 is 10.6 Å². The highest BCUT2D eigenvalue weighted by Gasteiger charge is 2.37. The Morgan fingerprint density at radius 3 is 2.32 bits per heavy atom. The molecule has 2 fully saturated rings. The zero-order valence-electron chi connectivity index (χ0n) is 11.2. The number of hydrogen-bond acceptors (Lipinski definition) is 4. The Labute approximate surface area is 113 Å². The fourth-order valence-electron chi connectivity index (χ4n) is 3.46. The van der Waals surface area contributed by atoms with E-state index in [4.69, 9.17) is 11.1 Å². The Morgan fingerprint density at radius 1 is 1.11 bits per heavy atom. The molecule has 1 aromatic heterocycles. The summed E-state index contributed by atoms with van der Waals surface area (Å²) >= 11 is 0. The van der Waals surface area contributed by atoms with Gasteiger partial charge in [0.2, 0.25) is 0 Å². The predicted octanol–water partition coefficient (Wildman–Crippen LogP) is 1.92. The second-order valence-corrected chi connectivity index (χ2v) is 5.87. The van der Waals surface area contributed by atoms with Crippen molar-refractivity contribution in [1.29, 1.82) is 5.41 Å². The molecule has 5 nitrogen and oxygen atoms in total. The summed E-state index contributed by atoms with van der Waals surface area (Å²) in [5.74, 6) is 0.889. The van der Waals surface area contributed by atoms with Gasteiger partial charge in [-0.25, -0.2) is 9.97 Å². The highest BCUT2D eigenvalue weighted by molar-refractivity contribution is 5.92. The second kappa shape index (κ2) is 4.79. The number of nitrogens with two attached hydrogens (primary N) is 1. The minimum absolute atomic E-state index is 0.0254.